The van der Waals surface area contributed by atoms with Crippen LogP contribution in [-0.2, 0) is 9.84 Å². The first-order valence-electron chi connectivity index (χ1n) is 25.6. The lowest BCUT2D eigenvalue weighted by Crippen LogP contribution is -2.50. The van der Waals surface area contributed by atoms with E-state index in [0.29, 0.717) is 24.2 Å². The molecule has 7 rings (SSSR count). The van der Waals surface area contributed by atoms with E-state index < -0.39 is 31.5 Å². The second kappa shape index (κ2) is 26.4. The zero-order valence-corrected chi connectivity index (χ0v) is 45.0. The number of alkyl halides is 3. The summed E-state index contributed by atoms with van der Waals surface area (Å²) in [7, 11) is -3.67. The van der Waals surface area contributed by atoms with Crippen molar-refractivity contribution >= 4 is 62.3 Å². The van der Waals surface area contributed by atoms with Crippen molar-refractivity contribution in [2.24, 2.45) is 5.41 Å². The molecule has 3 atom stereocenters. The zero-order valence-electron chi connectivity index (χ0n) is 41.8. The number of rotatable bonds is 23. The van der Waals surface area contributed by atoms with Crippen LogP contribution < -0.4 is 20.3 Å². The monoisotopic (exact) mass is 1060 g/mol. The molecule has 0 radical (unpaired) electrons. The van der Waals surface area contributed by atoms with Crippen LogP contribution in [0, 0.1) is 5.41 Å². The van der Waals surface area contributed by atoms with Crippen LogP contribution in [0.15, 0.2) is 100 Å². The van der Waals surface area contributed by atoms with Gasteiger partial charge in [-0.1, -0.05) is 80.3 Å². The van der Waals surface area contributed by atoms with Gasteiger partial charge in [0.2, 0.25) is 0 Å². The number of allylic oxidation sites excluding steroid dienone is 1. The average Bonchev–Trinajstić information content (AvgIpc) is 3.36. The number of halogens is 4. The molecular weight excluding hydrogens is 983 g/mol. The predicted octanol–water partition coefficient (Wildman–Crippen LogP) is 10.4. The molecular formula is C54H75ClF3N7O3S3. The Morgan fingerprint density at radius 3 is 2.17 bits per heavy atom. The number of hydrogen-bond acceptors (Lipinski definition) is 11. The maximum Gasteiger partial charge on any atom is 0.501 e. The van der Waals surface area contributed by atoms with Gasteiger partial charge in [-0.3, -0.25) is 14.4 Å². The van der Waals surface area contributed by atoms with Crippen molar-refractivity contribution < 1.29 is 26.4 Å². The minimum absolute atomic E-state index is 0.176. The third-order valence-corrected chi connectivity index (χ3v) is 18.6. The molecule has 71 heavy (non-hydrogen) atoms. The molecule has 10 nitrogen and oxygen atoms in total. The molecule has 4 aliphatic rings. The number of sulfone groups is 1. The second-order valence-electron chi connectivity index (χ2n) is 20.5. The summed E-state index contributed by atoms with van der Waals surface area (Å²) in [4.78, 5) is 23.6. The zero-order chi connectivity index (χ0) is 50.4. The number of unbranched alkanes of at least 4 members (excludes halogenated alkanes) is 3. The van der Waals surface area contributed by atoms with Crippen molar-refractivity contribution in [1.82, 2.24) is 30.1 Å². The molecule has 2 fully saturated rings. The highest BCUT2D eigenvalue weighted by Gasteiger charge is 2.51. The van der Waals surface area contributed by atoms with Gasteiger partial charge in [-0.2, -0.15) is 13.2 Å². The van der Waals surface area contributed by atoms with Crippen LogP contribution in [0.2, 0.25) is 5.02 Å². The summed E-state index contributed by atoms with van der Waals surface area (Å²) >= 11 is 8.80. The number of benzene rings is 3. The number of anilines is 1. The first-order chi connectivity index (χ1) is 34.1. The van der Waals surface area contributed by atoms with E-state index in [-0.39, 0.29) is 23.8 Å². The van der Waals surface area contributed by atoms with Gasteiger partial charge in [0.15, 0.2) is 0 Å². The Morgan fingerprint density at radius 1 is 0.831 bits per heavy atom. The van der Waals surface area contributed by atoms with Gasteiger partial charge in [-0.05, 0) is 155 Å². The van der Waals surface area contributed by atoms with Gasteiger partial charge in [0.1, 0.15) is 0 Å². The van der Waals surface area contributed by atoms with E-state index >= 15 is 0 Å². The molecule has 0 aromatic heterocycles. The molecule has 0 spiro atoms. The molecule has 3 aromatic carbocycles. The first-order valence-corrected chi connectivity index (χ1v) is 29.4. The Balaban J connectivity index is 0.927. The molecule has 2 heterocycles. The van der Waals surface area contributed by atoms with Crippen LogP contribution in [0.3, 0.4) is 0 Å². The fourth-order valence-corrected chi connectivity index (χ4v) is 13.5. The Morgan fingerprint density at radius 2 is 1.49 bits per heavy atom. The van der Waals surface area contributed by atoms with E-state index in [1.54, 1.807) is 23.9 Å². The van der Waals surface area contributed by atoms with Crippen LogP contribution in [-0.4, -0.2) is 143 Å². The number of amides is 1. The molecule has 2 saturated heterocycles. The second-order valence-corrected chi connectivity index (χ2v) is 25.0. The molecule has 0 saturated carbocycles. The molecule has 3 N–H and O–H groups in total. The number of nitrogens with zero attached hydrogens (tertiary/aromatic N) is 4. The van der Waals surface area contributed by atoms with Gasteiger partial charge >= 0.3 is 5.51 Å². The van der Waals surface area contributed by atoms with Crippen molar-refractivity contribution in [3.05, 3.63) is 112 Å². The molecule has 3 aromatic rings. The summed E-state index contributed by atoms with van der Waals surface area (Å²) in [5, 5.41) is 6.69. The normalized spacial score (nSPS) is 21.3. The van der Waals surface area contributed by atoms with E-state index in [0.717, 1.165) is 125 Å². The average molecular weight is 1060 g/mol. The third-order valence-electron chi connectivity index (χ3n) is 14.5. The van der Waals surface area contributed by atoms with Crippen molar-refractivity contribution in [3.8, 4) is 0 Å². The summed E-state index contributed by atoms with van der Waals surface area (Å²) in [6.07, 6.45) is 10.6. The minimum atomic E-state index is -5.66. The van der Waals surface area contributed by atoms with Crippen LogP contribution in [0.25, 0.3) is 5.57 Å². The van der Waals surface area contributed by atoms with E-state index in [2.05, 4.69) is 60.9 Å². The number of nitrogens with one attached hydrogen (secondary N) is 3. The summed E-state index contributed by atoms with van der Waals surface area (Å²) in [5.41, 5.74) is 0.452. The molecule has 3 unspecified atom stereocenters. The Labute approximate surface area is 435 Å². The van der Waals surface area contributed by atoms with E-state index in [4.69, 9.17) is 11.6 Å². The number of carbonyl (C=O) groups is 1. The molecule has 2 aliphatic heterocycles. The predicted molar refractivity (Wildman–Crippen MR) is 290 cm³/mol. The van der Waals surface area contributed by atoms with Crippen LogP contribution in [0.1, 0.15) is 94.0 Å². The summed E-state index contributed by atoms with van der Waals surface area (Å²) in [6.45, 7) is 15.9. The van der Waals surface area contributed by atoms with Crippen molar-refractivity contribution in [2.45, 2.75) is 106 Å². The van der Waals surface area contributed by atoms with Crippen molar-refractivity contribution in [2.75, 3.05) is 96.2 Å². The molecule has 390 valence electrons. The van der Waals surface area contributed by atoms with Gasteiger partial charge in [-0.25, -0.2) is 8.42 Å². The highest BCUT2D eigenvalue weighted by molar-refractivity contribution is 7.99. The fraction of sp³-hybridized carbons (Fsp3) is 0.574. The lowest BCUT2D eigenvalue weighted by atomic mass is 9.73. The Kier molecular flexibility index (Phi) is 20.7. The Bertz CT molecular complexity index is 2320. The number of piperazine rings is 2. The summed E-state index contributed by atoms with van der Waals surface area (Å²) < 4.78 is 72.4. The maximum atomic E-state index is 14.4. The summed E-state index contributed by atoms with van der Waals surface area (Å²) in [5.74, 6) is 0.180. The van der Waals surface area contributed by atoms with Crippen molar-refractivity contribution in [3.63, 3.8) is 0 Å². The smallest absolute Gasteiger partial charge is 0.369 e. The van der Waals surface area contributed by atoms with E-state index in [9.17, 15) is 26.4 Å². The standard InChI is InChI=1S/C54H75ClF3N7O3S3/c1-53(2)25-23-49(41-13-17-44(55)18-14-41)43(38-53)39-64-33-35-65(36-34-64)46-19-15-42(16-20-46)52(66)61-70-48-21-22-50(51(37-48)71(67,68)54(56,57)58)60-45(40-69-47-11-7-6-8-12-47)24-28-63-31-29-62(30-32-63)27-10-5-4-9-26-59-3/h6-8,11-20,37,45,48,50,59-60H,4-5,9-10,21-36,38-40H2,1-3H3,(H,61,66). The molecule has 1 amide bonds. The van der Waals surface area contributed by atoms with E-state index in [1.165, 1.54) is 48.5 Å². The van der Waals surface area contributed by atoms with Crippen LogP contribution >= 0.6 is 35.3 Å². The maximum absolute atomic E-state index is 14.4. The fourth-order valence-electron chi connectivity index (χ4n) is 10.3. The first kappa shape index (κ1) is 55.7. The largest absolute Gasteiger partial charge is 0.501 e. The quantitative estimate of drug-likeness (QED) is 0.0481. The van der Waals surface area contributed by atoms with Gasteiger partial charge in [0.25, 0.3) is 15.7 Å². The highest BCUT2D eigenvalue weighted by atomic mass is 35.5. The molecule has 2 aliphatic carbocycles. The van der Waals surface area contributed by atoms with Gasteiger partial charge in [0.05, 0.1) is 4.91 Å². The van der Waals surface area contributed by atoms with Crippen LogP contribution in [0.4, 0.5) is 18.9 Å². The third kappa shape index (κ3) is 16.5. The topological polar surface area (TPSA) is 100 Å². The molecule has 17 heteroatoms. The Hall–Kier alpha value is -3.06. The highest BCUT2D eigenvalue weighted by Crippen LogP contribution is 2.43. The minimum Gasteiger partial charge on any atom is -0.369 e. The number of carbonyl (C=O) groups excluding carboxylic acids is 1. The molecule has 0 bridgehead atoms. The lowest BCUT2D eigenvalue weighted by molar-refractivity contribution is -0.0429. The SMILES string of the molecule is CNCCCCCCN1CCN(CCC(CSc2ccccc2)NC2CCC(SNC(=O)c3ccc(N4CCN(CC5=C(c6ccc(Cl)cc6)CCC(C)(C)C5)CC4)cc3)C=C2S(=O)(=O)C(F)(F)F)CC1. The lowest BCUT2D eigenvalue weighted by Gasteiger charge is -2.39. The van der Waals surface area contributed by atoms with E-state index in [1.807, 2.05) is 61.6 Å². The number of thioether (sulfide) groups is 1. The summed E-state index contributed by atoms with van der Waals surface area (Å²) in [6, 6.07) is 24.2. The van der Waals surface area contributed by atoms with Gasteiger partial charge in [0, 0.05) is 103 Å². The van der Waals surface area contributed by atoms with Gasteiger partial charge in [-0.15, -0.1) is 11.8 Å². The van der Waals surface area contributed by atoms with Crippen LogP contribution in [0.5, 0.6) is 0 Å². The van der Waals surface area contributed by atoms with Gasteiger partial charge < -0.3 is 25.3 Å². The number of hydrogen-bond donors (Lipinski definition) is 3. The van der Waals surface area contributed by atoms with Crippen molar-refractivity contribution in [1.29, 1.82) is 0 Å².